The molecule has 2 aromatic rings. The Morgan fingerprint density at radius 3 is 1.96 bits per heavy atom. The van der Waals surface area contributed by atoms with E-state index in [2.05, 4.69) is 10.1 Å². The van der Waals surface area contributed by atoms with E-state index in [-0.39, 0.29) is 5.56 Å². The van der Waals surface area contributed by atoms with Crippen LogP contribution >= 0.6 is 0 Å². The molecule has 1 amide bonds. The third kappa shape index (κ3) is 5.57. The molecule has 2 aromatic carbocycles. The van der Waals surface area contributed by atoms with Gasteiger partial charge in [0.15, 0.2) is 6.10 Å². The Balaban J connectivity index is 1.87. The summed E-state index contributed by atoms with van der Waals surface area (Å²) in [6, 6.07) is 13.0. The molecule has 0 aliphatic heterocycles. The number of benzene rings is 2. The lowest BCUT2D eigenvalue weighted by Crippen LogP contribution is -2.35. The topological polar surface area (TPSA) is 90.9 Å². The standard InChI is InChI=1S/C20H21NO6/c1-13(18(22)21-12-14-4-10-17(25-2)11-5-14)27-20(24)16-8-6-15(7-9-16)19(23)26-3/h4-11,13H,12H2,1-3H3,(H,21,22)/t13-/m1/s1. The quantitative estimate of drug-likeness (QED) is 0.752. The number of carbonyl (C=O) groups is 3. The van der Waals surface area contributed by atoms with E-state index in [1.165, 1.54) is 38.3 Å². The molecule has 0 bridgehead atoms. The SMILES string of the molecule is COC(=O)c1ccc(C(=O)O[C@H](C)C(=O)NCc2ccc(OC)cc2)cc1. The van der Waals surface area contributed by atoms with Crippen LogP contribution in [-0.2, 0) is 20.8 Å². The molecule has 1 atom stereocenters. The van der Waals surface area contributed by atoms with E-state index in [1.807, 2.05) is 12.1 Å². The lowest BCUT2D eigenvalue weighted by Gasteiger charge is -2.14. The molecule has 0 spiro atoms. The Morgan fingerprint density at radius 1 is 0.889 bits per heavy atom. The smallest absolute Gasteiger partial charge is 0.338 e. The number of nitrogens with one attached hydrogen (secondary N) is 1. The number of esters is 2. The zero-order valence-electron chi connectivity index (χ0n) is 15.4. The maximum atomic E-state index is 12.1. The van der Waals surface area contributed by atoms with E-state index in [1.54, 1.807) is 19.2 Å². The van der Waals surface area contributed by atoms with E-state index >= 15 is 0 Å². The second kappa shape index (κ2) is 9.38. The molecule has 7 nitrogen and oxygen atoms in total. The highest BCUT2D eigenvalue weighted by Gasteiger charge is 2.19. The summed E-state index contributed by atoms with van der Waals surface area (Å²) in [6.45, 7) is 1.79. The van der Waals surface area contributed by atoms with Crippen LogP contribution < -0.4 is 10.1 Å². The van der Waals surface area contributed by atoms with E-state index < -0.39 is 23.9 Å². The third-order valence-electron chi connectivity index (χ3n) is 3.82. The van der Waals surface area contributed by atoms with Crippen molar-refractivity contribution < 1.29 is 28.6 Å². The van der Waals surface area contributed by atoms with Crippen LogP contribution in [0, 0.1) is 0 Å². The Bertz CT molecular complexity index is 798. The Kier molecular flexibility index (Phi) is 6.93. The van der Waals surface area contributed by atoms with Crippen molar-refractivity contribution in [1.29, 1.82) is 0 Å². The summed E-state index contributed by atoms with van der Waals surface area (Å²) >= 11 is 0. The number of hydrogen-bond acceptors (Lipinski definition) is 6. The normalized spacial score (nSPS) is 11.2. The van der Waals surface area contributed by atoms with Crippen LogP contribution in [0.15, 0.2) is 48.5 Å². The lowest BCUT2D eigenvalue weighted by molar-refractivity contribution is -0.129. The zero-order chi connectivity index (χ0) is 19.8. The number of ether oxygens (including phenoxy) is 3. The summed E-state index contributed by atoms with van der Waals surface area (Å²) in [6.07, 6.45) is -0.962. The summed E-state index contributed by atoms with van der Waals surface area (Å²) < 4.78 is 14.8. The predicted octanol–water partition coefficient (Wildman–Crippen LogP) is 2.34. The van der Waals surface area contributed by atoms with Gasteiger partial charge < -0.3 is 19.5 Å². The summed E-state index contributed by atoms with van der Waals surface area (Å²) in [7, 11) is 2.85. The molecule has 0 heterocycles. The van der Waals surface area contributed by atoms with Crippen LogP contribution in [-0.4, -0.2) is 38.2 Å². The van der Waals surface area contributed by atoms with E-state index in [0.29, 0.717) is 12.1 Å². The maximum Gasteiger partial charge on any atom is 0.338 e. The number of hydrogen-bond donors (Lipinski definition) is 1. The molecule has 0 saturated carbocycles. The Morgan fingerprint density at radius 2 is 1.44 bits per heavy atom. The third-order valence-corrected chi connectivity index (χ3v) is 3.82. The highest BCUT2D eigenvalue weighted by molar-refractivity contribution is 5.94. The van der Waals surface area contributed by atoms with Gasteiger partial charge in [0.2, 0.25) is 0 Å². The average Bonchev–Trinajstić information content (AvgIpc) is 2.71. The molecule has 2 rings (SSSR count). The summed E-state index contributed by atoms with van der Waals surface area (Å²) in [4.78, 5) is 35.6. The molecule has 0 aromatic heterocycles. The zero-order valence-corrected chi connectivity index (χ0v) is 15.4. The average molecular weight is 371 g/mol. The fourth-order valence-corrected chi connectivity index (χ4v) is 2.22. The van der Waals surface area contributed by atoms with Crippen LogP contribution in [0.4, 0.5) is 0 Å². The van der Waals surface area contributed by atoms with Gasteiger partial charge in [-0.1, -0.05) is 12.1 Å². The van der Waals surface area contributed by atoms with Crippen molar-refractivity contribution in [3.63, 3.8) is 0 Å². The number of amides is 1. The maximum absolute atomic E-state index is 12.1. The molecule has 0 radical (unpaired) electrons. The van der Waals surface area contributed by atoms with Gasteiger partial charge in [0.05, 0.1) is 25.3 Å². The monoisotopic (exact) mass is 371 g/mol. The van der Waals surface area contributed by atoms with Gasteiger partial charge in [-0.05, 0) is 48.9 Å². The molecule has 0 unspecified atom stereocenters. The first-order valence-corrected chi connectivity index (χ1v) is 8.24. The van der Waals surface area contributed by atoms with Crippen molar-refractivity contribution in [1.82, 2.24) is 5.32 Å². The van der Waals surface area contributed by atoms with E-state index in [9.17, 15) is 14.4 Å². The van der Waals surface area contributed by atoms with Crippen molar-refractivity contribution in [2.45, 2.75) is 19.6 Å². The van der Waals surface area contributed by atoms with Crippen LogP contribution in [0.3, 0.4) is 0 Å². The molecule has 0 saturated heterocycles. The number of rotatable bonds is 7. The van der Waals surface area contributed by atoms with Gasteiger partial charge in [0, 0.05) is 6.54 Å². The first-order valence-electron chi connectivity index (χ1n) is 8.24. The molecular formula is C20H21NO6. The van der Waals surface area contributed by atoms with Gasteiger partial charge in [0.1, 0.15) is 5.75 Å². The van der Waals surface area contributed by atoms with Crippen LogP contribution in [0.25, 0.3) is 0 Å². The summed E-state index contributed by atoms with van der Waals surface area (Å²) in [5.74, 6) is -0.837. The van der Waals surface area contributed by atoms with Gasteiger partial charge in [-0.15, -0.1) is 0 Å². The first kappa shape index (κ1) is 20.0. The molecule has 1 N–H and O–H groups in total. The van der Waals surface area contributed by atoms with Gasteiger partial charge in [-0.3, -0.25) is 4.79 Å². The highest BCUT2D eigenvalue weighted by Crippen LogP contribution is 2.11. The van der Waals surface area contributed by atoms with Gasteiger partial charge >= 0.3 is 11.9 Å². The summed E-state index contributed by atoms with van der Waals surface area (Å²) in [5, 5.41) is 2.71. The molecule has 27 heavy (non-hydrogen) atoms. The molecule has 7 heteroatoms. The van der Waals surface area contributed by atoms with Gasteiger partial charge in [-0.2, -0.15) is 0 Å². The first-order chi connectivity index (χ1) is 12.9. The van der Waals surface area contributed by atoms with E-state index in [0.717, 1.165) is 11.3 Å². The van der Waals surface area contributed by atoms with Crippen molar-refractivity contribution in [3.05, 3.63) is 65.2 Å². The lowest BCUT2D eigenvalue weighted by atomic mass is 10.1. The second-order valence-corrected chi connectivity index (χ2v) is 5.68. The molecule has 0 aliphatic rings. The van der Waals surface area contributed by atoms with Crippen molar-refractivity contribution in [2.24, 2.45) is 0 Å². The minimum atomic E-state index is -0.962. The molecule has 142 valence electrons. The fraction of sp³-hybridized carbons (Fsp3) is 0.250. The van der Waals surface area contributed by atoms with Crippen LogP contribution in [0.5, 0.6) is 5.75 Å². The van der Waals surface area contributed by atoms with Gasteiger partial charge in [-0.25, -0.2) is 9.59 Å². The summed E-state index contributed by atoms with van der Waals surface area (Å²) in [5.41, 5.74) is 1.44. The second-order valence-electron chi connectivity index (χ2n) is 5.68. The van der Waals surface area contributed by atoms with Crippen molar-refractivity contribution >= 4 is 17.8 Å². The number of carbonyl (C=O) groups excluding carboxylic acids is 3. The van der Waals surface area contributed by atoms with E-state index in [4.69, 9.17) is 9.47 Å². The van der Waals surface area contributed by atoms with Gasteiger partial charge in [0.25, 0.3) is 5.91 Å². The van der Waals surface area contributed by atoms with Crippen molar-refractivity contribution in [3.8, 4) is 5.75 Å². The highest BCUT2D eigenvalue weighted by atomic mass is 16.5. The van der Waals surface area contributed by atoms with Crippen molar-refractivity contribution in [2.75, 3.05) is 14.2 Å². The van der Waals surface area contributed by atoms with Crippen LogP contribution in [0.2, 0.25) is 0 Å². The minimum absolute atomic E-state index is 0.234. The predicted molar refractivity (Wildman–Crippen MR) is 97.5 cm³/mol. The molecule has 0 aliphatic carbocycles. The molecular weight excluding hydrogens is 350 g/mol. The minimum Gasteiger partial charge on any atom is -0.497 e. The number of methoxy groups -OCH3 is 2. The Hall–Kier alpha value is -3.35. The fourth-order valence-electron chi connectivity index (χ4n) is 2.22. The molecule has 0 fully saturated rings. The largest absolute Gasteiger partial charge is 0.497 e. The Labute approximate surface area is 157 Å². The van der Waals surface area contributed by atoms with Crippen LogP contribution in [0.1, 0.15) is 33.2 Å².